The Labute approximate surface area is 159 Å². The minimum absolute atomic E-state index is 0.127. The maximum absolute atomic E-state index is 12.2. The fourth-order valence-corrected chi connectivity index (χ4v) is 2.41. The van der Waals surface area contributed by atoms with Gasteiger partial charge in [0.15, 0.2) is 0 Å². The van der Waals surface area contributed by atoms with Gasteiger partial charge in [-0.3, -0.25) is 4.79 Å². The normalized spacial score (nSPS) is 10.2. The Bertz CT molecular complexity index is 771. The minimum atomic E-state index is -0.402. The molecule has 0 aliphatic rings. The van der Waals surface area contributed by atoms with Crippen molar-refractivity contribution in [1.82, 2.24) is 0 Å². The van der Waals surface area contributed by atoms with Crippen LogP contribution in [0.5, 0.6) is 11.5 Å². The van der Waals surface area contributed by atoms with Crippen molar-refractivity contribution in [3.63, 3.8) is 0 Å². The number of hydrogen-bond donors (Lipinski definition) is 1. The van der Waals surface area contributed by atoms with Gasteiger partial charge in [0, 0.05) is 12.1 Å². The predicted molar refractivity (Wildman–Crippen MR) is 103 cm³/mol. The zero-order valence-corrected chi connectivity index (χ0v) is 15.9. The van der Waals surface area contributed by atoms with Crippen LogP contribution in [0.1, 0.15) is 35.7 Å². The standard InChI is InChI=1S/C21H25NO5/c1-4-26-21(24)16-8-7-15(2)19(14-16)22-20(23)6-5-13-27-18-11-9-17(25-3)10-12-18/h7-12,14H,4-6,13H2,1-3H3,(H,22,23). The molecule has 6 nitrogen and oxygen atoms in total. The number of esters is 1. The molecule has 27 heavy (non-hydrogen) atoms. The van der Waals surface area contributed by atoms with Gasteiger partial charge in [0.25, 0.3) is 0 Å². The van der Waals surface area contributed by atoms with Crippen molar-refractivity contribution in [2.75, 3.05) is 25.6 Å². The number of carbonyl (C=O) groups excluding carboxylic acids is 2. The van der Waals surface area contributed by atoms with Gasteiger partial charge in [-0.1, -0.05) is 6.07 Å². The van der Waals surface area contributed by atoms with Crippen LogP contribution in [0.2, 0.25) is 0 Å². The van der Waals surface area contributed by atoms with Crippen molar-refractivity contribution >= 4 is 17.6 Å². The van der Waals surface area contributed by atoms with E-state index in [1.807, 2.05) is 31.2 Å². The third-order valence-electron chi connectivity index (χ3n) is 3.90. The average Bonchev–Trinajstić information content (AvgIpc) is 2.67. The predicted octanol–water partition coefficient (Wildman–Crippen LogP) is 3.98. The Morgan fingerprint density at radius 1 is 1.04 bits per heavy atom. The largest absolute Gasteiger partial charge is 0.497 e. The monoisotopic (exact) mass is 371 g/mol. The lowest BCUT2D eigenvalue weighted by Crippen LogP contribution is -2.14. The fraction of sp³-hybridized carbons (Fsp3) is 0.333. The Morgan fingerprint density at radius 3 is 2.41 bits per heavy atom. The molecule has 0 spiro atoms. The summed E-state index contributed by atoms with van der Waals surface area (Å²) in [4.78, 5) is 24.0. The van der Waals surface area contributed by atoms with E-state index < -0.39 is 5.97 Å². The number of methoxy groups -OCH3 is 1. The van der Waals surface area contributed by atoms with Crippen molar-refractivity contribution in [3.8, 4) is 11.5 Å². The lowest BCUT2D eigenvalue weighted by atomic mass is 10.1. The third kappa shape index (κ3) is 6.33. The molecule has 1 N–H and O–H groups in total. The molecule has 2 aromatic carbocycles. The van der Waals surface area contributed by atoms with Crippen LogP contribution < -0.4 is 14.8 Å². The molecule has 0 aliphatic heterocycles. The summed E-state index contributed by atoms with van der Waals surface area (Å²) in [6, 6.07) is 12.4. The van der Waals surface area contributed by atoms with E-state index in [9.17, 15) is 9.59 Å². The number of nitrogens with one attached hydrogen (secondary N) is 1. The van der Waals surface area contributed by atoms with E-state index in [4.69, 9.17) is 14.2 Å². The summed E-state index contributed by atoms with van der Waals surface area (Å²) in [5, 5.41) is 2.84. The van der Waals surface area contributed by atoms with Crippen LogP contribution in [0, 0.1) is 6.92 Å². The van der Waals surface area contributed by atoms with Crippen LogP contribution in [-0.4, -0.2) is 32.2 Å². The lowest BCUT2D eigenvalue weighted by Gasteiger charge is -2.11. The van der Waals surface area contributed by atoms with E-state index in [0.717, 1.165) is 17.1 Å². The summed E-state index contributed by atoms with van der Waals surface area (Å²) < 4.78 is 15.7. The van der Waals surface area contributed by atoms with Crippen LogP contribution in [0.3, 0.4) is 0 Å². The van der Waals surface area contributed by atoms with E-state index in [1.165, 1.54) is 0 Å². The van der Waals surface area contributed by atoms with Gasteiger partial charge in [0.05, 0.1) is 25.9 Å². The highest BCUT2D eigenvalue weighted by molar-refractivity contribution is 5.95. The summed E-state index contributed by atoms with van der Waals surface area (Å²) >= 11 is 0. The van der Waals surface area contributed by atoms with Gasteiger partial charge in [0.1, 0.15) is 11.5 Å². The topological polar surface area (TPSA) is 73.9 Å². The molecular formula is C21H25NO5. The van der Waals surface area contributed by atoms with Crippen LogP contribution in [-0.2, 0) is 9.53 Å². The van der Waals surface area contributed by atoms with Gasteiger partial charge >= 0.3 is 5.97 Å². The summed E-state index contributed by atoms with van der Waals surface area (Å²) in [5.41, 5.74) is 1.91. The Morgan fingerprint density at radius 2 is 1.74 bits per heavy atom. The lowest BCUT2D eigenvalue weighted by molar-refractivity contribution is -0.116. The number of carbonyl (C=O) groups is 2. The number of rotatable bonds is 9. The molecule has 1 amide bonds. The second-order valence-corrected chi connectivity index (χ2v) is 5.93. The highest BCUT2D eigenvalue weighted by Crippen LogP contribution is 2.19. The quantitative estimate of drug-likeness (QED) is 0.533. The SMILES string of the molecule is CCOC(=O)c1ccc(C)c(NC(=O)CCCOc2ccc(OC)cc2)c1. The third-order valence-corrected chi connectivity index (χ3v) is 3.90. The first-order valence-corrected chi connectivity index (χ1v) is 8.88. The Kier molecular flexibility index (Phi) is 7.67. The number of amides is 1. The van der Waals surface area contributed by atoms with Gasteiger partial charge in [-0.15, -0.1) is 0 Å². The molecule has 2 aromatic rings. The van der Waals surface area contributed by atoms with Crippen molar-refractivity contribution in [1.29, 1.82) is 0 Å². The number of anilines is 1. The fourth-order valence-electron chi connectivity index (χ4n) is 2.41. The van der Waals surface area contributed by atoms with Gasteiger partial charge in [-0.05, 0) is 62.2 Å². The second-order valence-electron chi connectivity index (χ2n) is 5.93. The van der Waals surface area contributed by atoms with E-state index >= 15 is 0 Å². The summed E-state index contributed by atoms with van der Waals surface area (Å²) in [6.07, 6.45) is 0.897. The van der Waals surface area contributed by atoms with Gasteiger partial charge in [-0.2, -0.15) is 0 Å². The van der Waals surface area contributed by atoms with Crippen molar-refractivity contribution in [2.45, 2.75) is 26.7 Å². The zero-order chi connectivity index (χ0) is 19.6. The summed E-state index contributed by atoms with van der Waals surface area (Å²) in [7, 11) is 1.61. The molecule has 0 radical (unpaired) electrons. The molecule has 0 atom stereocenters. The minimum Gasteiger partial charge on any atom is -0.497 e. The highest BCUT2D eigenvalue weighted by Gasteiger charge is 2.11. The number of hydrogen-bond acceptors (Lipinski definition) is 5. The van der Waals surface area contributed by atoms with E-state index in [0.29, 0.717) is 37.3 Å². The smallest absolute Gasteiger partial charge is 0.338 e. The van der Waals surface area contributed by atoms with Crippen LogP contribution >= 0.6 is 0 Å². The zero-order valence-electron chi connectivity index (χ0n) is 15.9. The maximum Gasteiger partial charge on any atom is 0.338 e. The molecule has 0 aromatic heterocycles. The number of aryl methyl sites for hydroxylation is 1. The van der Waals surface area contributed by atoms with Gasteiger partial charge in [-0.25, -0.2) is 4.79 Å². The van der Waals surface area contributed by atoms with E-state index in [1.54, 1.807) is 32.2 Å². The molecule has 2 rings (SSSR count). The van der Waals surface area contributed by atoms with Crippen LogP contribution in [0.4, 0.5) is 5.69 Å². The van der Waals surface area contributed by atoms with Crippen molar-refractivity contribution in [2.24, 2.45) is 0 Å². The van der Waals surface area contributed by atoms with Crippen molar-refractivity contribution in [3.05, 3.63) is 53.6 Å². The molecule has 144 valence electrons. The molecule has 0 bridgehead atoms. The van der Waals surface area contributed by atoms with E-state index in [-0.39, 0.29) is 5.91 Å². The average molecular weight is 371 g/mol. The van der Waals surface area contributed by atoms with Gasteiger partial charge < -0.3 is 19.5 Å². The molecule has 0 saturated carbocycles. The van der Waals surface area contributed by atoms with Gasteiger partial charge in [0.2, 0.25) is 5.91 Å². The molecule has 6 heteroatoms. The Hall–Kier alpha value is -3.02. The van der Waals surface area contributed by atoms with Crippen LogP contribution in [0.25, 0.3) is 0 Å². The molecule has 0 unspecified atom stereocenters. The molecule has 0 aliphatic carbocycles. The first kappa shape index (κ1) is 20.3. The van der Waals surface area contributed by atoms with Crippen LogP contribution in [0.15, 0.2) is 42.5 Å². The first-order valence-electron chi connectivity index (χ1n) is 8.88. The van der Waals surface area contributed by atoms with E-state index in [2.05, 4.69) is 5.32 Å². The molecular weight excluding hydrogens is 346 g/mol. The number of ether oxygens (including phenoxy) is 3. The highest BCUT2D eigenvalue weighted by atomic mass is 16.5. The first-order chi connectivity index (χ1) is 13.0. The second kappa shape index (κ2) is 10.2. The van der Waals surface area contributed by atoms with Crippen molar-refractivity contribution < 1.29 is 23.8 Å². The summed E-state index contributed by atoms with van der Waals surface area (Å²) in [5.74, 6) is 0.967. The molecule has 0 saturated heterocycles. The molecule has 0 fully saturated rings. The molecule has 0 heterocycles. The summed E-state index contributed by atoms with van der Waals surface area (Å²) in [6.45, 7) is 4.37. The maximum atomic E-state index is 12.2. The Balaban J connectivity index is 1.81. The number of benzene rings is 2.